The lowest BCUT2D eigenvalue weighted by molar-refractivity contribution is -0.148. The number of ether oxygens (including phenoxy) is 1. The molecule has 0 heterocycles. The number of hydrogen-bond donors (Lipinski definition) is 2. The summed E-state index contributed by atoms with van der Waals surface area (Å²) < 4.78 is 43.6. The van der Waals surface area contributed by atoms with E-state index in [4.69, 9.17) is 9.84 Å². The summed E-state index contributed by atoms with van der Waals surface area (Å²) in [5, 5.41) is 11.2. The van der Waals surface area contributed by atoms with Gasteiger partial charge in [0.05, 0.1) is 23.7 Å². The summed E-state index contributed by atoms with van der Waals surface area (Å²) in [6, 6.07) is 2.50. The van der Waals surface area contributed by atoms with E-state index in [1.165, 1.54) is 13.0 Å². The van der Waals surface area contributed by atoms with Crippen molar-refractivity contribution < 1.29 is 37.4 Å². The third-order valence-corrected chi connectivity index (χ3v) is 3.36. The minimum absolute atomic E-state index is 0.103. The molecule has 0 bridgehead atoms. The van der Waals surface area contributed by atoms with Crippen LogP contribution in [0.3, 0.4) is 0 Å². The summed E-state index contributed by atoms with van der Waals surface area (Å²) in [6.07, 6.45) is -5.07. The number of benzene rings is 1. The van der Waals surface area contributed by atoms with Crippen LogP contribution in [0.4, 0.5) is 13.2 Å². The highest BCUT2D eigenvalue weighted by molar-refractivity contribution is 5.98. The van der Waals surface area contributed by atoms with E-state index in [0.29, 0.717) is 0 Å². The predicted molar refractivity (Wildman–Crippen MR) is 80.7 cm³/mol. The zero-order valence-electron chi connectivity index (χ0n) is 13.6. The Morgan fingerprint density at radius 2 is 1.84 bits per heavy atom. The Morgan fingerprint density at radius 1 is 1.24 bits per heavy atom. The van der Waals surface area contributed by atoms with Crippen molar-refractivity contribution in [2.24, 2.45) is 5.92 Å². The van der Waals surface area contributed by atoms with Gasteiger partial charge in [0.25, 0.3) is 5.91 Å². The summed E-state index contributed by atoms with van der Waals surface area (Å²) in [6.45, 7) is 3.09. The molecule has 0 saturated carbocycles. The Balaban J connectivity index is 2.95. The number of halogens is 3. The summed E-state index contributed by atoms with van der Waals surface area (Å²) in [7, 11) is 0. The minimum atomic E-state index is -4.76. The Kier molecular flexibility index (Phi) is 6.96. The van der Waals surface area contributed by atoms with Gasteiger partial charge >= 0.3 is 18.1 Å². The van der Waals surface area contributed by atoms with Crippen molar-refractivity contribution >= 4 is 17.8 Å². The van der Waals surface area contributed by atoms with E-state index >= 15 is 0 Å². The molecule has 0 aliphatic heterocycles. The average Bonchev–Trinajstić information content (AvgIpc) is 2.53. The molecule has 138 valence electrons. The number of carboxylic acids is 1. The molecule has 9 heteroatoms. The lowest BCUT2D eigenvalue weighted by Gasteiger charge is -2.19. The lowest BCUT2D eigenvalue weighted by atomic mass is 10.0. The summed E-state index contributed by atoms with van der Waals surface area (Å²) in [4.78, 5) is 35.0. The molecular weight excluding hydrogens is 343 g/mol. The van der Waals surface area contributed by atoms with Crippen molar-refractivity contribution in [3.8, 4) is 0 Å². The number of esters is 1. The number of carbonyl (C=O) groups is 3. The van der Waals surface area contributed by atoms with Crippen LogP contribution in [-0.2, 0) is 20.5 Å². The maximum atomic E-state index is 12.9. The molecule has 0 aliphatic rings. The van der Waals surface area contributed by atoms with Crippen LogP contribution >= 0.6 is 0 Å². The van der Waals surface area contributed by atoms with E-state index in [0.717, 1.165) is 18.2 Å². The van der Waals surface area contributed by atoms with Gasteiger partial charge in [-0.25, -0.2) is 4.79 Å². The number of aliphatic carboxylic acids is 1. The minimum Gasteiger partial charge on any atom is -0.480 e. The lowest BCUT2D eigenvalue weighted by Crippen LogP contribution is -2.43. The first-order valence-corrected chi connectivity index (χ1v) is 7.44. The summed E-state index contributed by atoms with van der Waals surface area (Å²) in [5.74, 6) is -4.15. The first-order chi connectivity index (χ1) is 11.6. The van der Waals surface area contributed by atoms with Gasteiger partial charge in [0.1, 0.15) is 6.04 Å². The van der Waals surface area contributed by atoms with Crippen LogP contribution in [0.15, 0.2) is 24.3 Å². The molecule has 0 saturated heterocycles. The standard InChI is InChI=1S/C16H18F3NO5/c1-3-25-15(24)9(2)8-12(14(22)23)20-13(21)10-6-4-5-7-11(10)16(17,18)19/h4-7,9,12H,3,8H2,1-2H3,(H,20,21)(H,22,23)/t9-,12+/m0/s1. The molecule has 2 N–H and O–H groups in total. The second-order valence-corrected chi connectivity index (χ2v) is 5.30. The zero-order chi connectivity index (χ0) is 19.2. The second kappa shape index (κ2) is 8.50. The Bertz CT molecular complexity index is 645. The van der Waals surface area contributed by atoms with Gasteiger partial charge in [0.2, 0.25) is 0 Å². The van der Waals surface area contributed by atoms with Crippen LogP contribution in [0.25, 0.3) is 0 Å². The zero-order valence-corrected chi connectivity index (χ0v) is 13.6. The topological polar surface area (TPSA) is 92.7 Å². The number of nitrogens with one attached hydrogen (secondary N) is 1. The number of hydrogen-bond acceptors (Lipinski definition) is 4. The monoisotopic (exact) mass is 361 g/mol. The molecule has 0 radical (unpaired) electrons. The molecule has 0 fully saturated rings. The van der Waals surface area contributed by atoms with E-state index in [1.54, 1.807) is 6.92 Å². The molecule has 1 aromatic rings. The van der Waals surface area contributed by atoms with Crippen LogP contribution in [-0.4, -0.2) is 35.6 Å². The molecule has 0 aromatic heterocycles. The maximum absolute atomic E-state index is 12.9. The largest absolute Gasteiger partial charge is 0.480 e. The van der Waals surface area contributed by atoms with E-state index in [9.17, 15) is 27.6 Å². The van der Waals surface area contributed by atoms with E-state index < -0.39 is 47.1 Å². The fourth-order valence-corrected chi connectivity index (χ4v) is 2.12. The van der Waals surface area contributed by atoms with E-state index in [-0.39, 0.29) is 13.0 Å². The summed E-state index contributed by atoms with van der Waals surface area (Å²) in [5.41, 5.74) is -1.86. The SMILES string of the molecule is CCOC(=O)[C@@H](C)C[C@@H](NC(=O)c1ccccc1C(F)(F)F)C(=O)O. The third kappa shape index (κ3) is 5.77. The molecule has 0 aliphatic carbocycles. The van der Waals surface area contributed by atoms with Crippen LogP contribution in [0.5, 0.6) is 0 Å². The van der Waals surface area contributed by atoms with Crippen molar-refractivity contribution in [1.82, 2.24) is 5.32 Å². The number of amides is 1. The quantitative estimate of drug-likeness (QED) is 0.728. The number of carbonyl (C=O) groups excluding carboxylic acids is 2. The highest BCUT2D eigenvalue weighted by Gasteiger charge is 2.36. The Labute approximate surface area is 142 Å². The molecule has 6 nitrogen and oxygen atoms in total. The molecule has 1 rings (SSSR count). The molecular formula is C16H18F3NO5. The summed E-state index contributed by atoms with van der Waals surface area (Å²) >= 11 is 0. The van der Waals surface area contributed by atoms with Gasteiger partial charge in [-0.1, -0.05) is 19.1 Å². The van der Waals surface area contributed by atoms with Crippen molar-refractivity contribution in [3.63, 3.8) is 0 Å². The van der Waals surface area contributed by atoms with Gasteiger partial charge in [-0.05, 0) is 25.5 Å². The fraction of sp³-hybridized carbons (Fsp3) is 0.438. The van der Waals surface area contributed by atoms with Gasteiger partial charge in [-0.3, -0.25) is 9.59 Å². The van der Waals surface area contributed by atoms with Crippen LogP contribution in [0.2, 0.25) is 0 Å². The normalized spacial score (nSPS) is 13.6. The fourth-order valence-electron chi connectivity index (χ4n) is 2.12. The van der Waals surface area contributed by atoms with Gasteiger partial charge in [0.15, 0.2) is 0 Å². The molecule has 0 spiro atoms. The predicted octanol–water partition coefficient (Wildman–Crippen LogP) is 2.48. The average molecular weight is 361 g/mol. The third-order valence-electron chi connectivity index (χ3n) is 3.36. The maximum Gasteiger partial charge on any atom is 0.417 e. The first-order valence-electron chi connectivity index (χ1n) is 7.44. The van der Waals surface area contributed by atoms with Gasteiger partial charge in [-0.2, -0.15) is 13.2 Å². The van der Waals surface area contributed by atoms with Crippen molar-refractivity contribution in [3.05, 3.63) is 35.4 Å². The molecule has 25 heavy (non-hydrogen) atoms. The smallest absolute Gasteiger partial charge is 0.417 e. The highest BCUT2D eigenvalue weighted by Crippen LogP contribution is 2.31. The van der Waals surface area contributed by atoms with Crippen LogP contribution < -0.4 is 5.32 Å². The Hall–Kier alpha value is -2.58. The molecule has 1 aromatic carbocycles. The molecule has 0 unspecified atom stereocenters. The second-order valence-electron chi connectivity index (χ2n) is 5.30. The highest BCUT2D eigenvalue weighted by atomic mass is 19.4. The molecule has 2 atom stereocenters. The van der Waals surface area contributed by atoms with E-state index in [2.05, 4.69) is 0 Å². The first kappa shape index (κ1) is 20.5. The van der Waals surface area contributed by atoms with Crippen molar-refractivity contribution in [2.75, 3.05) is 6.61 Å². The number of alkyl halides is 3. The number of rotatable bonds is 7. The van der Waals surface area contributed by atoms with Crippen LogP contribution in [0.1, 0.15) is 36.2 Å². The number of carboxylic acid groups (broad SMARTS) is 1. The van der Waals surface area contributed by atoms with Crippen LogP contribution in [0, 0.1) is 5.92 Å². The Morgan fingerprint density at radius 3 is 2.36 bits per heavy atom. The van der Waals surface area contributed by atoms with Gasteiger partial charge < -0.3 is 15.2 Å². The molecule has 1 amide bonds. The van der Waals surface area contributed by atoms with Crippen molar-refractivity contribution in [1.29, 1.82) is 0 Å². The van der Waals surface area contributed by atoms with Gasteiger partial charge in [0, 0.05) is 0 Å². The van der Waals surface area contributed by atoms with E-state index in [1.807, 2.05) is 5.32 Å². The van der Waals surface area contributed by atoms with Crippen molar-refractivity contribution in [2.45, 2.75) is 32.5 Å². The van der Waals surface area contributed by atoms with Gasteiger partial charge in [-0.15, -0.1) is 0 Å².